The molecule has 124 valence electrons. The van der Waals surface area contributed by atoms with Crippen LogP contribution in [0.25, 0.3) is 0 Å². The highest BCUT2D eigenvalue weighted by Gasteiger charge is 2.24. The normalized spacial score (nSPS) is 21.1. The second kappa shape index (κ2) is 8.75. The maximum Gasteiger partial charge on any atom is 0.255 e. The summed E-state index contributed by atoms with van der Waals surface area (Å²) in [6, 6.07) is 5.74. The Morgan fingerprint density at radius 1 is 1.45 bits per heavy atom. The molecule has 0 aromatic heterocycles. The molecule has 0 spiro atoms. The van der Waals surface area contributed by atoms with E-state index in [-0.39, 0.29) is 30.5 Å². The molecule has 0 aliphatic carbocycles. The summed E-state index contributed by atoms with van der Waals surface area (Å²) in [5, 5.41) is 6.48. The van der Waals surface area contributed by atoms with E-state index in [1.165, 1.54) is 0 Å². The van der Waals surface area contributed by atoms with Gasteiger partial charge in [-0.2, -0.15) is 0 Å². The van der Waals surface area contributed by atoms with E-state index in [0.29, 0.717) is 17.2 Å². The van der Waals surface area contributed by atoms with E-state index >= 15 is 0 Å². The third-order valence-corrected chi connectivity index (χ3v) is 4.15. The second-order valence-corrected chi connectivity index (χ2v) is 6.77. The van der Waals surface area contributed by atoms with Gasteiger partial charge in [0.05, 0.1) is 11.7 Å². The van der Waals surface area contributed by atoms with Gasteiger partial charge in [0.15, 0.2) is 0 Å². The first-order valence-electron chi connectivity index (χ1n) is 7.45. The number of hydrogen-bond acceptors (Lipinski definition) is 3. The van der Waals surface area contributed by atoms with E-state index in [0.717, 1.165) is 24.0 Å². The second-order valence-electron chi connectivity index (χ2n) is 5.86. The Hall–Kier alpha value is -0.780. The van der Waals surface area contributed by atoms with Crippen molar-refractivity contribution in [3.63, 3.8) is 0 Å². The number of amides is 1. The number of piperidine rings is 1. The molecule has 1 saturated heterocycles. The van der Waals surface area contributed by atoms with Crippen LogP contribution in [0.2, 0.25) is 0 Å². The Morgan fingerprint density at radius 3 is 2.82 bits per heavy atom. The van der Waals surface area contributed by atoms with Crippen LogP contribution in [0.1, 0.15) is 37.6 Å². The van der Waals surface area contributed by atoms with Crippen LogP contribution in [0, 0.1) is 5.92 Å². The third kappa shape index (κ3) is 5.14. The summed E-state index contributed by atoms with van der Waals surface area (Å²) in [4.78, 5) is 12.5. The van der Waals surface area contributed by atoms with Crippen molar-refractivity contribution in [3.8, 4) is 5.75 Å². The van der Waals surface area contributed by atoms with E-state index in [9.17, 15) is 4.79 Å². The minimum Gasteiger partial charge on any atom is -0.490 e. The van der Waals surface area contributed by atoms with Gasteiger partial charge < -0.3 is 15.4 Å². The molecule has 4 nitrogen and oxygen atoms in total. The van der Waals surface area contributed by atoms with Crippen LogP contribution < -0.4 is 15.4 Å². The summed E-state index contributed by atoms with van der Waals surface area (Å²) in [6.45, 7) is 7.96. The SMILES string of the molecule is CC(C)Oc1cc(Br)ccc1C(=O)NC1CCNCC1C.Cl. The van der Waals surface area contributed by atoms with Crippen LogP contribution in [0.3, 0.4) is 0 Å². The van der Waals surface area contributed by atoms with Gasteiger partial charge in [0, 0.05) is 10.5 Å². The molecule has 0 saturated carbocycles. The molecular formula is C16H24BrClN2O2. The van der Waals surface area contributed by atoms with Crippen molar-refractivity contribution in [2.45, 2.75) is 39.3 Å². The van der Waals surface area contributed by atoms with Crippen LogP contribution in [0.5, 0.6) is 5.75 Å². The average Bonchev–Trinajstić information content (AvgIpc) is 2.40. The number of nitrogens with one attached hydrogen (secondary N) is 2. The first kappa shape index (κ1) is 19.3. The molecule has 1 heterocycles. The summed E-state index contributed by atoms with van der Waals surface area (Å²) in [6.07, 6.45) is 0.993. The molecule has 0 radical (unpaired) electrons. The quantitative estimate of drug-likeness (QED) is 0.827. The molecule has 0 bridgehead atoms. The van der Waals surface area contributed by atoms with Crippen molar-refractivity contribution in [3.05, 3.63) is 28.2 Å². The standard InChI is InChI=1S/C16H23BrN2O2.ClH/c1-10(2)21-15-8-12(17)4-5-13(15)16(20)19-14-6-7-18-9-11(14)3;/h4-5,8,10-11,14,18H,6-7,9H2,1-3H3,(H,19,20);1H. The predicted octanol–water partition coefficient (Wildman–Crippen LogP) is 3.39. The van der Waals surface area contributed by atoms with Crippen LogP contribution in [0.4, 0.5) is 0 Å². The smallest absolute Gasteiger partial charge is 0.255 e. The lowest BCUT2D eigenvalue weighted by Gasteiger charge is -2.30. The van der Waals surface area contributed by atoms with Crippen molar-refractivity contribution < 1.29 is 9.53 Å². The zero-order chi connectivity index (χ0) is 15.4. The molecule has 1 fully saturated rings. The van der Waals surface area contributed by atoms with Gasteiger partial charge in [-0.3, -0.25) is 4.79 Å². The van der Waals surface area contributed by atoms with Crippen molar-refractivity contribution in [1.82, 2.24) is 10.6 Å². The van der Waals surface area contributed by atoms with Crippen LogP contribution in [0.15, 0.2) is 22.7 Å². The highest BCUT2D eigenvalue weighted by Crippen LogP contribution is 2.25. The summed E-state index contributed by atoms with van der Waals surface area (Å²) >= 11 is 3.42. The van der Waals surface area contributed by atoms with E-state index in [2.05, 4.69) is 33.5 Å². The average molecular weight is 392 g/mol. The maximum absolute atomic E-state index is 12.5. The number of carbonyl (C=O) groups excluding carboxylic acids is 1. The number of benzene rings is 1. The van der Waals surface area contributed by atoms with Crippen molar-refractivity contribution in [2.24, 2.45) is 5.92 Å². The Morgan fingerprint density at radius 2 is 2.18 bits per heavy atom. The Bertz CT molecular complexity index is 511. The van der Waals surface area contributed by atoms with Gasteiger partial charge >= 0.3 is 0 Å². The highest BCUT2D eigenvalue weighted by atomic mass is 79.9. The molecule has 1 aromatic rings. The molecule has 22 heavy (non-hydrogen) atoms. The maximum atomic E-state index is 12.5. The first-order chi connectivity index (χ1) is 9.97. The van der Waals surface area contributed by atoms with Crippen molar-refractivity contribution >= 4 is 34.2 Å². The summed E-state index contributed by atoms with van der Waals surface area (Å²) in [5.74, 6) is 1.00. The summed E-state index contributed by atoms with van der Waals surface area (Å²) in [7, 11) is 0. The molecule has 1 amide bonds. The lowest BCUT2D eigenvalue weighted by atomic mass is 9.95. The Balaban J connectivity index is 0.00000242. The lowest BCUT2D eigenvalue weighted by molar-refractivity contribution is 0.0908. The van der Waals surface area contributed by atoms with Gasteiger partial charge in [-0.05, 0) is 57.5 Å². The molecule has 1 aliphatic heterocycles. The van der Waals surface area contributed by atoms with Gasteiger partial charge in [0.1, 0.15) is 5.75 Å². The first-order valence-corrected chi connectivity index (χ1v) is 8.24. The topological polar surface area (TPSA) is 50.4 Å². The van der Waals surface area contributed by atoms with Gasteiger partial charge in [0.25, 0.3) is 5.91 Å². The van der Waals surface area contributed by atoms with Gasteiger partial charge in [-0.25, -0.2) is 0 Å². The largest absolute Gasteiger partial charge is 0.490 e. The third-order valence-electron chi connectivity index (χ3n) is 3.65. The predicted molar refractivity (Wildman–Crippen MR) is 95.1 cm³/mol. The monoisotopic (exact) mass is 390 g/mol. The van der Waals surface area contributed by atoms with Crippen LogP contribution in [-0.4, -0.2) is 31.1 Å². The number of carbonyl (C=O) groups is 1. The van der Waals surface area contributed by atoms with Crippen LogP contribution >= 0.6 is 28.3 Å². The number of ether oxygens (including phenoxy) is 1. The van der Waals surface area contributed by atoms with E-state index < -0.39 is 0 Å². The molecule has 1 aromatic carbocycles. The number of hydrogen-bond donors (Lipinski definition) is 2. The fraction of sp³-hybridized carbons (Fsp3) is 0.562. The molecule has 2 atom stereocenters. The Labute approximate surface area is 146 Å². The zero-order valence-electron chi connectivity index (χ0n) is 13.2. The van der Waals surface area contributed by atoms with Crippen molar-refractivity contribution in [2.75, 3.05) is 13.1 Å². The van der Waals surface area contributed by atoms with Gasteiger partial charge in [-0.1, -0.05) is 22.9 Å². The number of halogens is 2. The summed E-state index contributed by atoms with van der Waals surface area (Å²) < 4.78 is 6.67. The minimum atomic E-state index is -0.0584. The van der Waals surface area contributed by atoms with E-state index in [1.54, 1.807) is 0 Å². The summed E-state index contributed by atoms with van der Waals surface area (Å²) in [5.41, 5.74) is 0.595. The molecule has 2 rings (SSSR count). The fourth-order valence-corrected chi connectivity index (χ4v) is 2.85. The lowest BCUT2D eigenvalue weighted by Crippen LogP contribution is -2.48. The number of rotatable bonds is 4. The molecule has 2 N–H and O–H groups in total. The van der Waals surface area contributed by atoms with Crippen molar-refractivity contribution in [1.29, 1.82) is 0 Å². The van der Waals surface area contributed by atoms with E-state index in [4.69, 9.17) is 4.74 Å². The molecule has 6 heteroatoms. The zero-order valence-corrected chi connectivity index (χ0v) is 15.6. The molecule has 1 aliphatic rings. The molecule has 2 unspecified atom stereocenters. The minimum absolute atomic E-state index is 0. The Kier molecular flexibility index (Phi) is 7.66. The van der Waals surface area contributed by atoms with Gasteiger partial charge in [0.2, 0.25) is 0 Å². The van der Waals surface area contributed by atoms with E-state index in [1.807, 2.05) is 32.0 Å². The highest BCUT2D eigenvalue weighted by molar-refractivity contribution is 9.10. The van der Waals surface area contributed by atoms with Crippen LogP contribution in [-0.2, 0) is 0 Å². The van der Waals surface area contributed by atoms with Gasteiger partial charge in [-0.15, -0.1) is 12.4 Å². The molecular weight excluding hydrogens is 368 g/mol. The fourth-order valence-electron chi connectivity index (χ4n) is 2.51.